The molecule has 0 spiro atoms. The predicted molar refractivity (Wildman–Crippen MR) is 86.4 cm³/mol. The quantitative estimate of drug-likeness (QED) is 0.839. The highest BCUT2D eigenvalue weighted by Gasteiger charge is 2.38. The number of carbonyl (C=O) groups is 1. The van der Waals surface area contributed by atoms with E-state index in [1.807, 2.05) is 6.07 Å². The molecule has 23 heavy (non-hydrogen) atoms. The maximum absolute atomic E-state index is 12.3. The van der Waals surface area contributed by atoms with Gasteiger partial charge in [-0.2, -0.15) is 5.26 Å². The van der Waals surface area contributed by atoms with Crippen LogP contribution in [0.3, 0.4) is 0 Å². The molecule has 0 radical (unpaired) electrons. The van der Waals surface area contributed by atoms with Gasteiger partial charge < -0.3 is 15.2 Å². The molecule has 1 atom stereocenters. The summed E-state index contributed by atoms with van der Waals surface area (Å²) in [6, 6.07) is 6.91. The zero-order valence-electron chi connectivity index (χ0n) is 12.5. The van der Waals surface area contributed by atoms with Crippen molar-refractivity contribution < 1.29 is 14.3 Å². The molecule has 1 aromatic rings. The van der Waals surface area contributed by atoms with Crippen LogP contribution in [0, 0.1) is 11.3 Å². The number of hydrogen-bond acceptors (Lipinski definition) is 5. The second-order valence-electron chi connectivity index (χ2n) is 4.74. The van der Waals surface area contributed by atoms with Crippen LogP contribution in [0.4, 0.5) is 0 Å². The first-order valence-electron chi connectivity index (χ1n) is 6.79. The van der Waals surface area contributed by atoms with Crippen molar-refractivity contribution in [1.82, 2.24) is 0 Å². The molecule has 2 N–H and O–H groups in total. The monoisotopic (exact) mass is 352 g/mol. The number of nitrogens with two attached hydrogens (primary N) is 1. The van der Waals surface area contributed by atoms with E-state index in [0.717, 1.165) is 0 Å². The third-order valence-electron chi connectivity index (χ3n) is 3.51. The normalized spacial score (nSPS) is 17.6. The highest BCUT2D eigenvalue weighted by atomic mass is 35.5. The van der Waals surface area contributed by atoms with Gasteiger partial charge in [0.25, 0.3) is 0 Å². The lowest BCUT2D eigenvalue weighted by molar-refractivity contribution is -0.136. The fraction of sp³-hybridized carbons (Fsp3) is 0.250. The molecule has 7 heteroatoms. The van der Waals surface area contributed by atoms with Crippen LogP contribution in [-0.2, 0) is 14.3 Å². The first kappa shape index (κ1) is 17.2. The van der Waals surface area contributed by atoms with Gasteiger partial charge in [0.15, 0.2) is 0 Å². The van der Waals surface area contributed by atoms with E-state index in [-0.39, 0.29) is 17.0 Å². The van der Waals surface area contributed by atoms with Gasteiger partial charge in [-0.05, 0) is 12.1 Å². The molecule has 0 aliphatic carbocycles. The van der Waals surface area contributed by atoms with Crippen molar-refractivity contribution in [3.8, 4) is 6.07 Å². The van der Waals surface area contributed by atoms with Crippen molar-refractivity contribution in [1.29, 1.82) is 5.26 Å². The molecule has 1 heterocycles. The minimum atomic E-state index is -0.836. The molecular weight excluding hydrogens is 339 g/mol. The smallest absolute Gasteiger partial charge is 0.338 e. The molecule has 5 nitrogen and oxygen atoms in total. The lowest BCUT2D eigenvalue weighted by Gasteiger charge is -2.28. The zero-order chi connectivity index (χ0) is 17.1. The number of hydrogen-bond donors (Lipinski definition) is 1. The number of rotatable bonds is 3. The van der Waals surface area contributed by atoms with Crippen LogP contribution < -0.4 is 5.73 Å². The van der Waals surface area contributed by atoms with E-state index in [1.165, 1.54) is 7.11 Å². The first-order chi connectivity index (χ1) is 11.0. The number of nitriles is 1. The molecule has 0 aromatic heterocycles. The van der Waals surface area contributed by atoms with Crippen LogP contribution >= 0.6 is 23.2 Å². The van der Waals surface area contributed by atoms with Gasteiger partial charge in [-0.25, -0.2) is 4.79 Å². The summed E-state index contributed by atoms with van der Waals surface area (Å²) in [6.07, 6.45) is 0.391. The molecule has 0 bridgehead atoms. The van der Waals surface area contributed by atoms with Crippen molar-refractivity contribution in [2.45, 2.75) is 19.3 Å². The van der Waals surface area contributed by atoms with E-state index in [0.29, 0.717) is 27.8 Å². The number of allylic oxidation sites excluding steroid dienone is 2. The van der Waals surface area contributed by atoms with E-state index < -0.39 is 11.9 Å². The maximum Gasteiger partial charge on any atom is 0.338 e. The number of halogens is 2. The van der Waals surface area contributed by atoms with Crippen molar-refractivity contribution in [2.75, 3.05) is 7.11 Å². The van der Waals surface area contributed by atoms with Gasteiger partial charge in [-0.1, -0.05) is 36.2 Å². The van der Waals surface area contributed by atoms with Gasteiger partial charge >= 0.3 is 5.97 Å². The summed E-state index contributed by atoms with van der Waals surface area (Å²) in [5.41, 5.74) is 6.51. The predicted octanol–water partition coefficient (Wildman–Crippen LogP) is 3.64. The molecule has 120 valence electrons. The number of esters is 1. The molecule has 0 unspecified atom stereocenters. The van der Waals surface area contributed by atoms with Crippen molar-refractivity contribution >= 4 is 29.2 Å². The molecule has 2 rings (SSSR count). The van der Waals surface area contributed by atoms with Gasteiger partial charge in [0.05, 0.1) is 18.6 Å². The Morgan fingerprint density at radius 1 is 1.43 bits per heavy atom. The molecular formula is C16H14Cl2N2O3. The summed E-state index contributed by atoms with van der Waals surface area (Å²) < 4.78 is 10.3. The van der Waals surface area contributed by atoms with E-state index in [1.54, 1.807) is 25.1 Å². The van der Waals surface area contributed by atoms with Gasteiger partial charge in [0, 0.05) is 22.0 Å². The second-order valence-corrected chi connectivity index (χ2v) is 5.56. The van der Waals surface area contributed by atoms with Gasteiger partial charge in [0.1, 0.15) is 17.4 Å². The number of carbonyl (C=O) groups excluding carboxylic acids is 1. The number of nitrogens with zero attached hydrogens (tertiary/aromatic N) is 1. The van der Waals surface area contributed by atoms with Crippen molar-refractivity contribution in [3.63, 3.8) is 0 Å². The number of methoxy groups -OCH3 is 1. The largest absolute Gasteiger partial charge is 0.466 e. The molecule has 1 aliphatic rings. The minimum Gasteiger partial charge on any atom is -0.466 e. The van der Waals surface area contributed by atoms with Crippen molar-refractivity contribution in [3.05, 3.63) is 56.6 Å². The Morgan fingerprint density at radius 2 is 2.04 bits per heavy atom. The molecule has 1 aliphatic heterocycles. The Labute approximate surface area is 143 Å². The average molecular weight is 353 g/mol. The van der Waals surface area contributed by atoms with Gasteiger partial charge in [-0.15, -0.1) is 0 Å². The summed E-state index contributed by atoms with van der Waals surface area (Å²) in [4.78, 5) is 12.3. The van der Waals surface area contributed by atoms with Crippen molar-refractivity contribution in [2.24, 2.45) is 5.73 Å². The van der Waals surface area contributed by atoms with Crippen LogP contribution in [0.15, 0.2) is 41.0 Å². The van der Waals surface area contributed by atoms with Crippen LogP contribution in [-0.4, -0.2) is 13.1 Å². The Hall–Kier alpha value is -2.16. The third-order valence-corrected chi connectivity index (χ3v) is 4.17. The van der Waals surface area contributed by atoms with E-state index >= 15 is 0 Å². The lowest BCUT2D eigenvalue weighted by Crippen LogP contribution is -2.26. The summed E-state index contributed by atoms with van der Waals surface area (Å²) in [5.74, 6) is -1.20. The minimum absolute atomic E-state index is 0.0672. The van der Waals surface area contributed by atoms with Crippen LogP contribution in [0.1, 0.15) is 24.8 Å². The fourth-order valence-electron chi connectivity index (χ4n) is 2.49. The second kappa shape index (κ2) is 6.95. The van der Waals surface area contributed by atoms with Crippen LogP contribution in [0.2, 0.25) is 10.0 Å². The number of ether oxygens (including phenoxy) is 2. The Bertz CT molecular complexity index is 743. The Balaban J connectivity index is 2.80. The van der Waals surface area contributed by atoms with E-state index in [4.69, 9.17) is 38.4 Å². The first-order valence-corrected chi connectivity index (χ1v) is 7.54. The van der Waals surface area contributed by atoms with Crippen LogP contribution in [0.25, 0.3) is 0 Å². The Morgan fingerprint density at radius 3 is 2.52 bits per heavy atom. The fourth-order valence-corrected chi connectivity index (χ4v) is 3.11. The van der Waals surface area contributed by atoms with E-state index in [2.05, 4.69) is 0 Å². The zero-order valence-corrected chi connectivity index (χ0v) is 14.0. The third kappa shape index (κ3) is 3.00. The molecule has 0 fully saturated rings. The summed E-state index contributed by atoms with van der Waals surface area (Å²) in [7, 11) is 1.25. The summed E-state index contributed by atoms with van der Waals surface area (Å²) in [5, 5.41) is 10.1. The maximum atomic E-state index is 12.3. The number of benzene rings is 1. The van der Waals surface area contributed by atoms with Gasteiger partial charge in [0.2, 0.25) is 5.88 Å². The molecule has 0 amide bonds. The SMILES string of the molecule is CCC1=C(C(=O)OC)[C@H](c2c(Cl)cccc2Cl)C(C#N)=C(N)O1. The summed E-state index contributed by atoms with van der Waals surface area (Å²) in [6.45, 7) is 1.80. The standard InChI is InChI=1S/C16H14Cl2N2O3/c1-3-11-14(16(21)22-2)12(8(7-19)15(20)23-11)13-9(17)5-4-6-10(13)18/h4-6,12H,3,20H2,1-2H3/t12-/m0/s1. The molecule has 1 aromatic carbocycles. The highest BCUT2D eigenvalue weighted by molar-refractivity contribution is 6.36. The Kier molecular flexibility index (Phi) is 5.19. The van der Waals surface area contributed by atoms with E-state index in [9.17, 15) is 10.1 Å². The summed E-state index contributed by atoms with van der Waals surface area (Å²) >= 11 is 12.5. The highest BCUT2D eigenvalue weighted by Crippen LogP contribution is 2.45. The topological polar surface area (TPSA) is 85.3 Å². The van der Waals surface area contributed by atoms with Crippen LogP contribution in [0.5, 0.6) is 0 Å². The molecule has 0 saturated heterocycles. The lowest BCUT2D eigenvalue weighted by atomic mass is 9.82. The molecule has 0 saturated carbocycles. The van der Waals surface area contributed by atoms with Gasteiger partial charge in [-0.3, -0.25) is 0 Å². The average Bonchev–Trinajstić information content (AvgIpc) is 2.53.